The molecule has 0 saturated carbocycles. The van der Waals surface area contributed by atoms with Gasteiger partial charge in [-0.05, 0) is 30.2 Å². The summed E-state index contributed by atoms with van der Waals surface area (Å²) in [6, 6.07) is 4.77. The summed E-state index contributed by atoms with van der Waals surface area (Å²) < 4.78 is 0. The van der Waals surface area contributed by atoms with Crippen molar-refractivity contribution >= 4 is 5.71 Å². The van der Waals surface area contributed by atoms with Gasteiger partial charge in [0.05, 0.1) is 12.3 Å². The molecule has 0 amide bonds. The fourth-order valence-corrected chi connectivity index (χ4v) is 1.15. The average molecular weight is 206 g/mol. The lowest BCUT2D eigenvalue weighted by molar-refractivity contribution is 0.318. The molecule has 0 heterocycles. The van der Waals surface area contributed by atoms with E-state index in [-0.39, 0.29) is 12.3 Å². The number of oxime groups is 1. The van der Waals surface area contributed by atoms with Crippen LogP contribution in [0.5, 0.6) is 5.75 Å². The van der Waals surface area contributed by atoms with Gasteiger partial charge in [-0.3, -0.25) is 0 Å². The van der Waals surface area contributed by atoms with Gasteiger partial charge in [0, 0.05) is 10.5 Å². The number of phenolic OH excluding ortho intramolecular Hbond substituents is 1. The Bertz CT molecular complexity index is 436. The van der Waals surface area contributed by atoms with Crippen LogP contribution >= 0.6 is 0 Å². The summed E-state index contributed by atoms with van der Waals surface area (Å²) in [5.74, 6) is -0.00376. The molecule has 0 saturated heterocycles. The first-order valence-corrected chi connectivity index (χ1v) is 4.21. The van der Waals surface area contributed by atoms with E-state index >= 15 is 0 Å². The fourth-order valence-electron chi connectivity index (χ4n) is 1.15. The Kier molecular flexibility index (Phi) is 3.54. The van der Waals surface area contributed by atoms with Crippen LogP contribution in [0.3, 0.4) is 0 Å². The second-order valence-corrected chi connectivity index (χ2v) is 2.93. The zero-order valence-corrected chi connectivity index (χ0v) is 8.12. The number of aromatic hydroxyl groups is 1. The van der Waals surface area contributed by atoms with E-state index in [9.17, 15) is 5.11 Å². The van der Waals surface area contributed by atoms with Gasteiger partial charge in [-0.25, -0.2) is 0 Å². The number of benzene rings is 1. The molecule has 0 spiro atoms. The third-order valence-electron chi connectivity index (χ3n) is 1.92. The molecule has 1 rings (SSSR count). The van der Waals surface area contributed by atoms with Crippen LogP contribution in [0.15, 0.2) is 28.5 Å². The minimum absolute atomic E-state index is 0.00376. The Morgan fingerprint density at radius 1 is 1.53 bits per heavy atom. The molecule has 0 aliphatic heterocycles. The van der Waals surface area contributed by atoms with Gasteiger partial charge in [-0.15, -0.1) is 0 Å². The third kappa shape index (κ3) is 2.62. The summed E-state index contributed by atoms with van der Waals surface area (Å²) in [6.45, 7) is 1.75. The van der Waals surface area contributed by atoms with Crippen molar-refractivity contribution in [1.82, 2.24) is 0 Å². The summed E-state index contributed by atoms with van der Waals surface area (Å²) in [7, 11) is 0. The zero-order valence-electron chi connectivity index (χ0n) is 8.12. The van der Waals surface area contributed by atoms with Crippen LogP contribution in [0, 0.1) is 0 Å². The van der Waals surface area contributed by atoms with Gasteiger partial charge in [0.15, 0.2) is 0 Å². The SMILES string of the molecule is CC(=NO)c1ccc(CN=[N+]=[N-])cc1O. The molecule has 0 unspecified atom stereocenters. The maximum atomic E-state index is 9.57. The second-order valence-electron chi connectivity index (χ2n) is 2.93. The van der Waals surface area contributed by atoms with E-state index in [4.69, 9.17) is 10.7 Å². The zero-order chi connectivity index (χ0) is 11.3. The standard InChI is InChI=1S/C9H10N4O2/c1-6(12-15)8-3-2-7(4-9(8)14)5-11-13-10/h2-4,14-15H,5H2,1H3. The highest BCUT2D eigenvalue weighted by Crippen LogP contribution is 2.20. The number of nitrogens with zero attached hydrogens (tertiary/aromatic N) is 4. The molecule has 0 atom stereocenters. The Morgan fingerprint density at radius 3 is 2.80 bits per heavy atom. The van der Waals surface area contributed by atoms with Gasteiger partial charge in [-0.1, -0.05) is 16.3 Å². The van der Waals surface area contributed by atoms with Gasteiger partial charge in [0.25, 0.3) is 0 Å². The summed E-state index contributed by atoms with van der Waals surface area (Å²) in [6.07, 6.45) is 0. The van der Waals surface area contributed by atoms with Crippen molar-refractivity contribution in [3.63, 3.8) is 0 Å². The summed E-state index contributed by atoms with van der Waals surface area (Å²) in [4.78, 5) is 2.61. The van der Waals surface area contributed by atoms with Crippen LogP contribution < -0.4 is 0 Å². The first-order valence-electron chi connectivity index (χ1n) is 4.21. The molecule has 6 nitrogen and oxygen atoms in total. The molecule has 78 valence electrons. The third-order valence-corrected chi connectivity index (χ3v) is 1.92. The van der Waals surface area contributed by atoms with E-state index in [0.717, 1.165) is 0 Å². The molecule has 2 N–H and O–H groups in total. The fraction of sp³-hybridized carbons (Fsp3) is 0.222. The first kappa shape index (κ1) is 10.9. The lowest BCUT2D eigenvalue weighted by Crippen LogP contribution is -1.95. The molecule has 0 aromatic heterocycles. The summed E-state index contributed by atoms with van der Waals surface area (Å²) >= 11 is 0. The monoisotopic (exact) mass is 206 g/mol. The predicted octanol–water partition coefficient (Wildman–Crippen LogP) is 2.40. The molecule has 0 fully saturated rings. The number of hydrogen-bond acceptors (Lipinski definition) is 4. The summed E-state index contributed by atoms with van der Waals surface area (Å²) in [5.41, 5.74) is 9.58. The van der Waals surface area contributed by atoms with Crippen LogP contribution in [0.2, 0.25) is 0 Å². The normalized spacial score (nSPS) is 10.9. The van der Waals surface area contributed by atoms with Crippen molar-refractivity contribution in [3.05, 3.63) is 39.8 Å². The minimum atomic E-state index is -0.00376. The molecule has 0 aliphatic carbocycles. The van der Waals surface area contributed by atoms with E-state index < -0.39 is 0 Å². The molecule has 1 aromatic carbocycles. The van der Waals surface area contributed by atoms with Gasteiger partial charge in [-0.2, -0.15) is 0 Å². The molecule has 0 bridgehead atoms. The number of azide groups is 1. The molecule has 6 heteroatoms. The van der Waals surface area contributed by atoms with Gasteiger partial charge in [0.2, 0.25) is 0 Å². The van der Waals surface area contributed by atoms with E-state index in [2.05, 4.69) is 15.2 Å². The van der Waals surface area contributed by atoms with Crippen molar-refractivity contribution in [3.8, 4) is 5.75 Å². The maximum absolute atomic E-state index is 9.57. The average Bonchev–Trinajstić information content (AvgIpc) is 2.25. The highest BCUT2D eigenvalue weighted by molar-refractivity contribution is 6.00. The van der Waals surface area contributed by atoms with Crippen LogP contribution in [0.25, 0.3) is 10.4 Å². The predicted molar refractivity (Wildman–Crippen MR) is 55.0 cm³/mol. The van der Waals surface area contributed by atoms with Crippen molar-refractivity contribution in [2.24, 2.45) is 10.3 Å². The van der Waals surface area contributed by atoms with E-state index in [1.165, 1.54) is 6.07 Å². The number of phenols is 1. The summed E-state index contributed by atoms with van der Waals surface area (Å²) in [5, 5.41) is 24.5. The Hall–Kier alpha value is -2.20. The Labute approximate surface area is 86.1 Å². The second kappa shape index (κ2) is 4.88. The molecule has 15 heavy (non-hydrogen) atoms. The molecular weight excluding hydrogens is 196 g/mol. The van der Waals surface area contributed by atoms with Crippen LogP contribution in [-0.2, 0) is 6.54 Å². The lowest BCUT2D eigenvalue weighted by Gasteiger charge is -2.04. The van der Waals surface area contributed by atoms with Crippen LogP contribution in [0.1, 0.15) is 18.1 Å². The molecular formula is C9H10N4O2. The van der Waals surface area contributed by atoms with Crippen molar-refractivity contribution in [2.75, 3.05) is 0 Å². The van der Waals surface area contributed by atoms with Crippen LogP contribution in [-0.4, -0.2) is 16.0 Å². The highest BCUT2D eigenvalue weighted by Gasteiger charge is 2.05. The highest BCUT2D eigenvalue weighted by atomic mass is 16.4. The smallest absolute Gasteiger partial charge is 0.125 e. The quantitative estimate of drug-likeness (QED) is 0.198. The molecule has 1 aromatic rings. The van der Waals surface area contributed by atoms with Crippen molar-refractivity contribution < 1.29 is 10.3 Å². The maximum Gasteiger partial charge on any atom is 0.125 e. The first-order chi connectivity index (χ1) is 7.19. The Morgan fingerprint density at radius 2 is 2.27 bits per heavy atom. The lowest BCUT2D eigenvalue weighted by atomic mass is 10.1. The Balaban J connectivity index is 3.03. The topological polar surface area (TPSA) is 102 Å². The van der Waals surface area contributed by atoms with Gasteiger partial charge < -0.3 is 10.3 Å². The number of rotatable bonds is 3. The van der Waals surface area contributed by atoms with Gasteiger partial charge >= 0.3 is 0 Å². The molecule has 0 aliphatic rings. The number of hydrogen-bond donors (Lipinski definition) is 2. The largest absolute Gasteiger partial charge is 0.507 e. The van der Waals surface area contributed by atoms with Crippen molar-refractivity contribution in [1.29, 1.82) is 0 Å². The van der Waals surface area contributed by atoms with Gasteiger partial charge in [0.1, 0.15) is 5.75 Å². The van der Waals surface area contributed by atoms with E-state index in [0.29, 0.717) is 16.8 Å². The van der Waals surface area contributed by atoms with E-state index in [1.807, 2.05) is 0 Å². The minimum Gasteiger partial charge on any atom is -0.507 e. The van der Waals surface area contributed by atoms with E-state index in [1.54, 1.807) is 19.1 Å². The molecule has 0 radical (unpaired) electrons. The van der Waals surface area contributed by atoms with Crippen molar-refractivity contribution in [2.45, 2.75) is 13.5 Å². The van der Waals surface area contributed by atoms with Crippen LogP contribution in [0.4, 0.5) is 0 Å².